The summed E-state index contributed by atoms with van der Waals surface area (Å²) in [6, 6.07) is 19.6. The highest BCUT2D eigenvalue weighted by molar-refractivity contribution is 9.10. The maximum Gasteiger partial charge on any atom is 0.340 e. The van der Waals surface area contributed by atoms with Crippen LogP contribution in [-0.4, -0.2) is 30.3 Å². The minimum Gasteiger partial charge on any atom is -0.462 e. The number of para-hydroxylation sites is 1. The molecule has 1 aliphatic heterocycles. The van der Waals surface area contributed by atoms with Crippen molar-refractivity contribution in [1.82, 2.24) is 0 Å². The molecule has 0 unspecified atom stereocenters. The predicted octanol–water partition coefficient (Wildman–Crippen LogP) is 5.70. The molecule has 1 heterocycles. The molecule has 3 aromatic carbocycles. The summed E-state index contributed by atoms with van der Waals surface area (Å²) in [7, 11) is 0. The number of carbonyl (C=O) groups excluding carboxylic acids is 4. The zero-order chi connectivity index (χ0) is 26.5. The normalized spacial score (nSPS) is 13.1. The van der Waals surface area contributed by atoms with Crippen LogP contribution in [0.5, 0.6) is 0 Å². The van der Waals surface area contributed by atoms with Crippen molar-refractivity contribution in [3.05, 3.63) is 99.1 Å². The fourth-order valence-corrected chi connectivity index (χ4v) is 4.01. The molecule has 0 saturated heterocycles. The van der Waals surface area contributed by atoms with Crippen LogP contribution in [-0.2, 0) is 14.3 Å². The number of hydrogen-bond acceptors (Lipinski definition) is 6. The van der Waals surface area contributed by atoms with Crippen LogP contribution in [0.1, 0.15) is 34.1 Å². The number of imide groups is 1. The largest absolute Gasteiger partial charge is 0.462 e. The molecule has 0 bridgehead atoms. The average molecular weight is 583 g/mol. The standard InChI is InChI=1S/C27H21BrClN3O5/c1-2-15-37-27(36)20-5-3-4-6-21(20)32-25(34)22(29)23(26(32)35)30-18-11-7-16(8-12-18)24(33)31-19-13-9-17(28)10-14-19/h3-14,30H,2,15H2,1H3,(H,31,33). The van der Waals surface area contributed by atoms with Crippen molar-refractivity contribution in [2.75, 3.05) is 22.1 Å². The van der Waals surface area contributed by atoms with Crippen LogP contribution in [0.4, 0.5) is 17.1 Å². The van der Waals surface area contributed by atoms with Gasteiger partial charge in [-0.25, -0.2) is 9.69 Å². The Morgan fingerprint density at radius 2 is 1.57 bits per heavy atom. The zero-order valence-electron chi connectivity index (χ0n) is 19.6. The summed E-state index contributed by atoms with van der Waals surface area (Å²) >= 11 is 9.58. The number of rotatable bonds is 8. The fourth-order valence-electron chi connectivity index (χ4n) is 3.53. The van der Waals surface area contributed by atoms with E-state index in [0.717, 1.165) is 9.37 Å². The lowest BCUT2D eigenvalue weighted by molar-refractivity contribution is -0.120. The van der Waals surface area contributed by atoms with Crippen LogP contribution >= 0.6 is 27.5 Å². The molecule has 10 heteroatoms. The second-order valence-corrected chi connectivity index (χ2v) is 9.24. The van der Waals surface area contributed by atoms with Crippen LogP contribution in [0.25, 0.3) is 0 Å². The monoisotopic (exact) mass is 581 g/mol. The Bertz CT molecular complexity index is 1400. The average Bonchev–Trinajstić information content (AvgIpc) is 3.11. The van der Waals surface area contributed by atoms with Crippen LogP contribution in [0.15, 0.2) is 88.0 Å². The molecule has 3 amide bonds. The first kappa shape index (κ1) is 26.1. The first-order valence-electron chi connectivity index (χ1n) is 11.3. The topological polar surface area (TPSA) is 105 Å². The van der Waals surface area contributed by atoms with E-state index in [9.17, 15) is 19.2 Å². The van der Waals surface area contributed by atoms with E-state index in [1.54, 1.807) is 48.5 Å². The molecule has 4 rings (SSSR count). The number of benzene rings is 3. The highest BCUT2D eigenvalue weighted by Crippen LogP contribution is 2.32. The van der Waals surface area contributed by atoms with Gasteiger partial charge in [0, 0.05) is 21.4 Å². The van der Waals surface area contributed by atoms with Crippen LogP contribution < -0.4 is 15.5 Å². The summed E-state index contributed by atoms with van der Waals surface area (Å²) in [5.41, 5.74) is 1.48. The van der Waals surface area contributed by atoms with Gasteiger partial charge in [0.1, 0.15) is 10.7 Å². The van der Waals surface area contributed by atoms with Gasteiger partial charge in [0.25, 0.3) is 17.7 Å². The molecule has 3 aromatic rings. The van der Waals surface area contributed by atoms with E-state index in [1.165, 1.54) is 12.1 Å². The molecule has 0 aromatic heterocycles. The molecule has 0 aliphatic carbocycles. The van der Waals surface area contributed by atoms with E-state index in [2.05, 4.69) is 26.6 Å². The molecule has 0 saturated carbocycles. The molecule has 0 radical (unpaired) electrons. The maximum atomic E-state index is 13.2. The van der Waals surface area contributed by atoms with Crippen LogP contribution in [0, 0.1) is 0 Å². The van der Waals surface area contributed by atoms with Crippen molar-refractivity contribution in [1.29, 1.82) is 0 Å². The van der Waals surface area contributed by atoms with Crippen molar-refractivity contribution in [3.8, 4) is 0 Å². The number of nitrogens with zero attached hydrogens (tertiary/aromatic N) is 1. The molecule has 1 aliphatic rings. The Balaban J connectivity index is 1.50. The Labute approximate surface area is 226 Å². The lowest BCUT2D eigenvalue weighted by atomic mass is 10.1. The minimum absolute atomic E-state index is 0.0736. The van der Waals surface area contributed by atoms with E-state index in [4.69, 9.17) is 16.3 Å². The first-order valence-corrected chi connectivity index (χ1v) is 12.5. The molecule has 188 valence electrons. The van der Waals surface area contributed by atoms with E-state index < -0.39 is 17.8 Å². The van der Waals surface area contributed by atoms with Crippen molar-refractivity contribution in [2.45, 2.75) is 13.3 Å². The zero-order valence-corrected chi connectivity index (χ0v) is 21.9. The molecule has 37 heavy (non-hydrogen) atoms. The van der Waals surface area contributed by atoms with Crippen LogP contribution in [0.2, 0.25) is 0 Å². The summed E-state index contributed by atoms with van der Waals surface area (Å²) in [6.07, 6.45) is 0.627. The van der Waals surface area contributed by atoms with E-state index in [1.807, 2.05) is 19.1 Å². The molecule has 0 atom stereocenters. The SMILES string of the molecule is CCCOC(=O)c1ccccc1N1C(=O)C(Cl)=C(Nc2ccc(C(=O)Nc3ccc(Br)cc3)cc2)C1=O. The number of halogens is 2. The number of ether oxygens (including phenoxy) is 1. The van der Waals surface area contributed by atoms with Gasteiger partial charge in [0.05, 0.1) is 17.9 Å². The minimum atomic E-state index is -0.768. The molecule has 0 spiro atoms. The smallest absolute Gasteiger partial charge is 0.340 e. The van der Waals surface area contributed by atoms with Crippen molar-refractivity contribution in [3.63, 3.8) is 0 Å². The summed E-state index contributed by atoms with van der Waals surface area (Å²) in [6.45, 7) is 2.06. The first-order chi connectivity index (χ1) is 17.8. The Morgan fingerprint density at radius 1 is 0.919 bits per heavy atom. The number of anilines is 3. The van der Waals surface area contributed by atoms with Gasteiger partial charge in [0.2, 0.25) is 0 Å². The molecule has 0 fully saturated rings. The predicted molar refractivity (Wildman–Crippen MR) is 145 cm³/mol. The van der Waals surface area contributed by atoms with E-state index >= 15 is 0 Å². The maximum absolute atomic E-state index is 13.2. The number of nitrogens with one attached hydrogen (secondary N) is 2. The lowest BCUT2D eigenvalue weighted by Crippen LogP contribution is -2.33. The van der Waals surface area contributed by atoms with Gasteiger partial charge in [-0.05, 0) is 67.1 Å². The third kappa shape index (κ3) is 5.73. The van der Waals surface area contributed by atoms with Gasteiger partial charge in [0.15, 0.2) is 0 Å². The van der Waals surface area contributed by atoms with Gasteiger partial charge in [-0.3, -0.25) is 14.4 Å². The number of carbonyl (C=O) groups is 4. The number of amides is 3. The van der Waals surface area contributed by atoms with Gasteiger partial charge in [-0.2, -0.15) is 0 Å². The number of esters is 1. The molecular weight excluding hydrogens is 562 g/mol. The van der Waals surface area contributed by atoms with Crippen molar-refractivity contribution in [2.24, 2.45) is 0 Å². The fraction of sp³-hybridized carbons (Fsp3) is 0.111. The summed E-state index contributed by atoms with van der Waals surface area (Å²) < 4.78 is 6.08. The van der Waals surface area contributed by atoms with Crippen molar-refractivity contribution >= 4 is 68.3 Å². The van der Waals surface area contributed by atoms with Gasteiger partial charge in [-0.1, -0.05) is 46.6 Å². The van der Waals surface area contributed by atoms with E-state index in [0.29, 0.717) is 23.4 Å². The lowest BCUT2D eigenvalue weighted by Gasteiger charge is -2.18. The van der Waals surface area contributed by atoms with Crippen LogP contribution in [0.3, 0.4) is 0 Å². The quantitative estimate of drug-likeness (QED) is 0.261. The molecule has 2 N–H and O–H groups in total. The number of hydrogen-bond donors (Lipinski definition) is 2. The summed E-state index contributed by atoms with van der Waals surface area (Å²) in [5.74, 6) is -2.44. The summed E-state index contributed by atoms with van der Waals surface area (Å²) in [4.78, 5) is 52.0. The Kier molecular flexibility index (Phi) is 8.05. The highest BCUT2D eigenvalue weighted by atomic mass is 79.9. The molecular formula is C27H21BrClN3O5. The second kappa shape index (κ2) is 11.4. The Hall–Kier alpha value is -3.95. The molecule has 8 nitrogen and oxygen atoms in total. The van der Waals surface area contributed by atoms with Gasteiger partial charge in [-0.15, -0.1) is 0 Å². The third-order valence-corrected chi connectivity index (χ3v) is 6.23. The summed E-state index contributed by atoms with van der Waals surface area (Å²) in [5, 5.41) is 5.33. The van der Waals surface area contributed by atoms with E-state index in [-0.39, 0.29) is 34.5 Å². The second-order valence-electron chi connectivity index (χ2n) is 7.95. The third-order valence-electron chi connectivity index (χ3n) is 5.35. The highest BCUT2D eigenvalue weighted by Gasteiger charge is 2.40. The van der Waals surface area contributed by atoms with Gasteiger partial charge < -0.3 is 15.4 Å². The Morgan fingerprint density at radius 3 is 2.24 bits per heavy atom. The van der Waals surface area contributed by atoms with Crippen molar-refractivity contribution < 1.29 is 23.9 Å². The van der Waals surface area contributed by atoms with Gasteiger partial charge >= 0.3 is 5.97 Å².